The molecule has 0 aliphatic heterocycles. The predicted molar refractivity (Wildman–Crippen MR) is 109 cm³/mol. The normalized spacial score (nSPS) is 11.8. The Bertz CT molecular complexity index is 666. The van der Waals surface area contributed by atoms with Gasteiger partial charge in [0.2, 0.25) is 0 Å². The Morgan fingerprint density at radius 2 is 1.93 bits per heavy atom. The summed E-state index contributed by atoms with van der Waals surface area (Å²) in [5, 5.41) is 10.7. The summed E-state index contributed by atoms with van der Waals surface area (Å²) in [4.78, 5) is 4.57. The lowest BCUT2D eigenvalue weighted by atomic mass is 9.99. The van der Waals surface area contributed by atoms with Gasteiger partial charge in [0.05, 0.1) is 18.9 Å². The first-order chi connectivity index (χ1) is 13.3. The molecule has 2 aromatic rings. The van der Waals surface area contributed by atoms with Crippen molar-refractivity contribution in [3.05, 3.63) is 53.4 Å². The van der Waals surface area contributed by atoms with E-state index in [4.69, 9.17) is 9.26 Å². The number of guanidine groups is 1. The summed E-state index contributed by atoms with van der Waals surface area (Å²) < 4.78 is 11.1. The number of nitrogens with zero attached hydrogens (tertiary/aromatic N) is 2. The van der Waals surface area contributed by atoms with Crippen LogP contribution in [0.5, 0.6) is 0 Å². The van der Waals surface area contributed by atoms with Gasteiger partial charge in [0.15, 0.2) is 11.7 Å². The average Bonchev–Trinajstić information content (AvgIpc) is 3.16. The van der Waals surface area contributed by atoms with E-state index in [2.05, 4.69) is 46.8 Å². The molecule has 0 unspecified atom stereocenters. The van der Waals surface area contributed by atoms with E-state index in [1.54, 1.807) is 0 Å². The third-order valence-corrected chi connectivity index (χ3v) is 4.37. The Kier molecular flexibility index (Phi) is 9.41. The van der Waals surface area contributed by atoms with Crippen LogP contribution in [-0.4, -0.2) is 30.8 Å². The zero-order valence-corrected chi connectivity index (χ0v) is 16.7. The van der Waals surface area contributed by atoms with Crippen molar-refractivity contribution in [3.63, 3.8) is 0 Å². The molecule has 6 heteroatoms. The standard InChI is InChI=1S/C21H32N4O2/c1-4-18(5-2)20-14-19(27-25-20)15-24-21(22-6-3)23-12-13-26-16-17-10-8-7-9-11-17/h7-11,14,18H,4-6,12-13,15-16H2,1-3H3,(H2,22,23,24). The van der Waals surface area contributed by atoms with Crippen molar-refractivity contribution >= 4 is 5.96 Å². The van der Waals surface area contributed by atoms with E-state index in [1.807, 2.05) is 31.2 Å². The quantitative estimate of drug-likeness (QED) is 0.356. The summed E-state index contributed by atoms with van der Waals surface area (Å²) in [5.74, 6) is 2.00. The van der Waals surface area contributed by atoms with Crippen LogP contribution in [-0.2, 0) is 17.9 Å². The van der Waals surface area contributed by atoms with Gasteiger partial charge in [-0.1, -0.05) is 49.3 Å². The van der Waals surface area contributed by atoms with Crippen LogP contribution >= 0.6 is 0 Å². The number of aliphatic imine (C=N–C) groups is 1. The predicted octanol–water partition coefficient (Wildman–Crippen LogP) is 3.85. The van der Waals surface area contributed by atoms with Gasteiger partial charge in [0.25, 0.3) is 0 Å². The Morgan fingerprint density at radius 1 is 1.15 bits per heavy atom. The van der Waals surface area contributed by atoms with Crippen LogP contribution in [0.1, 0.15) is 56.5 Å². The van der Waals surface area contributed by atoms with E-state index >= 15 is 0 Å². The van der Waals surface area contributed by atoms with Gasteiger partial charge in [-0.2, -0.15) is 0 Å². The maximum absolute atomic E-state index is 5.69. The molecule has 2 rings (SSSR count). The molecule has 0 aliphatic carbocycles. The number of ether oxygens (including phenoxy) is 1. The molecule has 0 amide bonds. The summed E-state index contributed by atoms with van der Waals surface area (Å²) in [6.45, 7) is 9.57. The zero-order chi connectivity index (χ0) is 19.3. The number of rotatable bonds is 11. The molecular weight excluding hydrogens is 340 g/mol. The van der Waals surface area contributed by atoms with Crippen LogP contribution in [0.2, 0.25) is 0 Å². The van der Waals surface area contributed by atoms with Crippen molar-refractivity contribution in [3.8, 4) is 0 Å². The van der Waals surface area contributed by atoms with Gasteiger partial charge in [-0.15, -0.1) is 0 Å². The van der Waals surface area contributed by atoms with E-state index in [9.17, 15) is 0 Å². The Labute approximate surface area is 162 Å². The third-order valence-electron chi connectivity index (χ3n) is 4.37. The Hall–Kier alpha value is -2.34. The molecular formula is C21H32N4O2. The first-order valence-corrected chi connectivity index (χ1v) is 9.86. The van der Waals surface area contributed by atoms with Crippen LogP contribution in [0, 0.1) is 0 Å². The molecule has 0 radical (unpaired) electrons. The molecule has 1 aromatic carbocycles. The van der Waals surface area contributed by atoms with Crippen LogP contribution in [0.15, 0.2) is 45.9 Å². The summed E-state index contributed by atoms with van der Waals surface area (Å²) >= 11 is 0. The smallest absolute Gasteiger partial charge is 0.191 e. The molecule has 0 saturated heterocycles. The molecule has 2 N–H and O–H groups in total. The number of benzene rings is 1. The van der Waals surface area contributed by atoms with Gasteiger partial charge in [-0.05, 0) is 25.3 Å². The molecule has 0 bridgehead atoms. The van der Waals surface area contributed by atoms with Gasteiger partial charge in [-0.3, -0.25) is 0 Å². The molecule has 1 aromatic heterocycles. The Morgan fingerprint density at radius 3 is 2.63 bits per heavy atom. The van der Waals surface area contributed by atoms with E-state index in [0.29, 0.717) is 32.2 Å². The topological polar surface area (TPSA) is 71.7 Å². The molecule has 148 valence electrons. The molecule has 0 spiro atoms. The second-order valence-corrected chi connectivity index (χ2v) is 6.39. The first-order valence-electron chi connectivity index (χ1n) is 9.86. The van der Waals surface area contributed by atoms with Crippen LogP contribution in [0.3, 0.4) is 0 Å². The second-order valence-electron chi connectivity index (χ2n) is 6.39. The van der Waals surface area contributed by atoms with E-state index in [1.165, 1.54) is 5.56 Å². The van der Waals surface area contributed by atoms with Gasteiger partial charge in [0.1, 0.15) is 6.54 Å². The molecule has 0 fully saturated rings. The van der Waals surface area contributed by atoms with E-state index in [0.717, 1.165) is 36.8 Å². The van der Waals surface area contributed by atoms with Crippen molar-refractivity contribution in [2.45, 2.75) is 52.7 Å². The fraction of sp³-hybridized carbons (Fsp3) is 0.524. The molecule has 27 heavy (non-hydrogen) atoms. The highest BCUT2D eigenvalue weighted by atomic mass is 16.5. The Balaban J connectivity index is 1.76. The highest BCUT2D eigenvalue weighted by Gasteiger charge is 2.12. The van der Waals surface area contributed by atoms with Crippen LogP contribution < -0.4 is 10.6 Å². The lowest BCUT2D eigenvalue weighted by Gasteiger charge is -2.11. The summed E-state index contributed by atoms with van der Waals surface area (Å²) in [6.07, 6.45) is 2.14. The lowest BCUT2D eigenvalue weighted by Crippen LogP contribution is -2.38. The highest BCUT2D eigenvalue weighted by molar-refractivity contribution is 5.79. The molecule has 1 heterocycles. The van der Waals surface area contributed by atoms with Crippen molar-refractivity contribution in [1.82, 2.24) is 15.8 Å². The maximum Gasteiger partial charge on any atom is 0.191 e. The largest absolute Gasteiger partial charge is 0.375 e. The number of hydrogen-bond donors (Lipinski definition) is 2. The van der Waals surface area contributed by atoms with Gasteiger partial charge >= 0.3 is 0 Å². The number of aromatic nitrogens is 1. The minimum atomic E-state index is 0.458. The fourth-order valence-electron chi connectivity index (χ4n) is 2.81. The van der Waals surface area contributed by atoms with Crippen molar-refractivity contribution in [1.29, 1.82) is 0 Å². The van der Waals surface area contributed by atoms with Crippen molar-refractivity contribution in [2.24, 2.45) is 4.99 Å². The second kappa shape index (κ2) is 12.1. The zero-order valence-electron chi connectivity index (χ0n) is 16.7. The molecule has 6 nitrogen and oxygen atoms in total. The minimum absolute atomic E-state index is 0.458. The average molecular weight is 373 g/mol. The van der Waals surface area contributed by atoms with Crippen LogP contribution in [0.4, 0.5) is 0 Å². The number of nitrogens with one attached hydrogen (secondary N) is 2. The molecule has 0 saturated carbocycles. The van der Waals surface area contributed by atoms with Gasteiger partial charge in [0, 0.05) is 25.1 Å². The maximum atomic E-state index is 5.69. The van der Waals surface area contributed by atoms with Crippen molar-refractivity contribution < 1.29 is 9.26 Å². The number of hydrogen-bond acceptors (Lipinski definition) is 4. The highest BCUT2D eigenvalue weighted by Crippen LogP contribution is 2.22. The lowest BCUT2D eigenvalue weighted by molar-refractivity contribution is 0.125. The minimum Gasteiger partial charge on any atom is -0.375 e. The first kappa shape index (κ1) is 21.0. The van der Waals surface area contributed by atoms with Crippen LogP contribution in [0.25, 0.3) is 0 Å². The fourth-order valence-corrected chi connectivity index (χ4v) is 2.81. The summed E-state index contributed by atoms with van der Waals surface area (Å²) in [5.41, 5.74) is 2.20. The van der Waals surface area contributed by atoms with Gasteiger partial charge < -0.3 is 19.9 Å². The SMILES string of the molecule is CCNC(=NCc1cc(C(CC)CC)no1)NCCOCc1ccccc1. The van der Waals surface area contributed by atoms with Gasteiger partial charge in [-0.25, -0.2) is 4.99 Å². The summed E-state index contributed by atoms with van der Waals surface area (Å²) in [6, 6.07) is 12.2. The van der Waals surface area contributed by atoms with Crippen molar-refractivity contribution in [2.75, 3.05) is 19.7 Å². The third kappa shape index (κ3) is 7.43. The molecule has 0 atom stereocenters. The van der Waals surface area contributed by atoms with E-state index in [-0.39, 0.29) is 0 Å². The van der Waals surface area contributed by atoms with E-state index < -0.39 is 0 Å². The summed E-state index contributed by atoms with van der Waals surface area (Å²) in [7, 11) is 0. The molecule has 0 aliphatic rings. The monoisotopic (exact) mass is 372 g/mol.